The number of unbranched alkanes of at least 4 members (excludes halogenated alkanes) is 3. The third-order valence-corrected chi connectivity index (χ3v) is 27.7. The van der Waals surface area contributed by atoms with Crippen LogP contribution in [0.15, 0.2) is 54.6 Å². The van der Waals surface area contributed by atoms with Crippen LogP contribution in [-0.2, 0) is 109 Å². The predicted molar refractivity (Wildman–Crippen MR) is 535 cm³/mol. The molecule has 2 aromatic rings. The molecular formula is C95H148ClN23O23S2. The van der Waals surface area contributed by atoms with E-state index in [1.807, 2.05) is 6.92 Å². The molecule has 0 saturated carbocycles. The molecule has 2 aromatic carbocycles. The van der Waals surface area contributed by atoms with Gasteiger partial charge in [0.25, 0.3) is 5.97 Å². The topological polar surface area (TPSA) is 711 Å². The van der Waals surface area contributed by atoms with Gasteiger partial charge in [-0.1, -0.05) is 123 Å². The minimum Gasteiger partial charge on any atom is -0.481 e. The lowest BCUT2D eigenvalue weighted by atomic mass is 10.0. The van der Waals surface area contributed by atoms with Crippen LogP contribution in [0, 0.1) is 17.2 Å². The van der Waals surface area contributed by atoms with E-state index in [1.165, 1.54) is 33.4 Å². The third kappa shape index (κ3) is 39.5. The Morgan fingerprint density at radius 2 is 1.08 bits per heavy atom. The number of aliphatic hydroxyl groups is 1. The van der Waals surface area contributed by atoms with Crippen molar-refractivity contribution >= 4 is 157 Å². The Bertz CT molecular complexity index is 4740. The number of halogens is 1. The quantitative estimate of drug-likeness (QED) is 0.0150. The van der Waals surface area contributed by atoms with Crippen molar-refractivity contribution < 1.29 is 111 Å². The molecule has 46 nitrogen and oxygen atoms in total. The predicted octanol–water partition coefficient (Wildman–Crippen LogP) is -1.94. The molecule has 800 valence electrons. The van der Waals surface area contributed by atoms with Crippen LogP contribution in [0.4, 0.5) is 0 Å². The van der Waals surface area contributed by atoms with Crippen molar-refractivity contribution in [1.29, 1.82) is 5.41 Å². The summed E-state index contributed by atoms with van der Waals surface area (Å²) >= 11 is 6.54. The summed E-state index contributed by atoms with van der Waals surface area (Å²) in [5.41, 5.74) is 24.1. The Morgan fingerprint density at radius 3 is 1.67 bits per heavy atom. The number of rotatable bonds is 39. The monoisotopic (exact) mass is 2080 g/mol. The lowest BCUT2D eigenvalue weighted by Gasteiger charge is -2.33. The Balaban J connectivity index is 0.00000777. The first kappa shape index (κ1) is 121. The van der Waals surface area contributed by atoms with Gasteiger partial charge in [-0.3, -0.25) is 101 Å². The molecule has 0 bridgehead atoms. The highest BCUT2D eigenvalue weighted by molar-refractivity contribution is 8.76. The number of hydrogen-bond acceptors (Lipinski definition) is 26. The summed E-state index contributed by atoms with van der Waals surface area (Å²) in [6.07, 6.45) is 1.79. The zero-order valence-electron chi connectivity index (χ0n) is 83.2. The molecule has 0 radical (unpaired) electrons. The van der Waals surface area contributed by atoms with Crippen molar-refractivity contribution in [3.05, 3.63) is 70.7 Å². The van der Waals surface area contributed by atoms with E-state index >= 15 is 33.6 Å². The molecule has 49 heteroatoms. The molecule has 5 aliphatic heterocycles. The first-order valence-electron chi connectivity index (χ1n) is 49.4. The number of fused-ring (bicyclic) bond motifs is 1. The van der Waals surface area contributed by atoms with E-state index in [1.54, 1.807) is 82.3 Å². The largest absolute Gasteiger partial charge is 0.481 e. The molecule has 18 amide bonds. The maximum atomic E-state index is 15.7. The first-order chi connectivity index (χ1) is 68.4. The number of hydrogen-bond donors (Lipinski definition) is 22. The van der Waals surface area contributed by atoms with E-state index in [4.69, 9.17) is 49.8 Å². The number of benzene rings is 2. The van der Waals surface area contributed by atoms with E-state index < -0.39 is 258 Å². The SMILES string of the molecule is CC(=O)O.CCCCC1NC(=O)C(CCCCN)NC(=O)C(CCCNC(=N)N)NC(=O)C(CC(C)C)NC(=O)C(NC(=O)C(Cc2cccc(Cl)c2)NC(=O)C2CCCN2C(=O)C(NC(C)=O)C(C)C)CCSSCC(C(=O)NC(CCCCN)C(=O)N2CCCC2C(=O)N2CCCC2C(=O)NC(CCC(=O)O)C(N)=O)NC(=O)C(Cc2ccccc2)NC(=O)C(CO)NC(=O)C(C)NC(=O)C2CCCN2C1=O. The van der Waals surface area contributed by atoms with Crippen molar-refractivity contribution in [2.24, 2.45) is 34.8 Å². The van der Waals surface area contributed by atoms with Gasteiger partial charge in [0.15, 0.2) is 5.96 Å². The standard InChI is InChI=1S/C93H144ClN23O21S2.C2H4O2/c1-8-9-27-63-89(135)114-41-19-31-70(114)86(132)101-54(6)77(123)112-68(50-118)84(130)110-66(48-56-23-11-10-12-24-56)83(129)113-69(85(131)108-64(29-14-16-39-96)90(136)117-44-22-34-73(117)91(137)115-42-20-32-71(115)87(133)103-59(76(97)122)35-36-74(120)121)51-140-139-45-37-62(80(126)109-65(46-52(2)3)81(127)105-61(30-18-40-100-93(98)99)78(124)104-60(79(125)107-63)28-13-15-38-95)106-82(128)67(49-57-25-17-26-58(94)47-57)111-88(134)72-33-21-43-116(72)92(138)75(53(4)5)102-55(7)119;1-2(3)4/h10-12,17,23-26,47,52-54,59-73,75,118H,8-9,13-16,18-22,27-46,48-51,95-96H2,1-7H3,(H2,97,122)(H,101,132)(H,102,119)(H,103,133)(H,104,124)(H,105,127)(H,106,128)(H,107,125)(H,108,131)(H,109,126)(H,110,130)(H,111,134)(H,112,123)(H,113,129)(H,120,121)(H4,98,99,100);1H3,(H,3,4). The maximum Gasteiger partial charge on any atom is 0.303 e. The highest BCUT2D eigenvalue weighted by Gasteiger charge is 2.48. The van der Waals surface area contributed by atoms with Crippen molar-refractivity contribution in [3.8, 4) is 0 Å². The zero-order chi connectivity index (χ0) is 107. The second kappa shape index (κ2) is 62.0. The van der Waals surface area contributed by atoms with Gasteiger partial charge in [-0.25, -0.2) is 0 Å². The molecule has 7 rings (SSSR count). The van der Waals surface area contributed by atoms with Gasteiger partial charge in [0.05, 0.1) is 6.61 Å². The Kier molecular flexibility index (Phi) is 51.9. The van der Waals surface area contributed by atoms with Crippen LogP contribution in [0.2, 0.25) is 5.02 Å². The smallest absolute Gasteiger partial charge is 0.303 e. The number of carboxylic acid groups (broad SMARTS) is 2. The number of guanidine groups is 1. The number of primary amides is 1. The lowest BCUT2D eigenvalue weighted by Crippen LogP contribution is -2.61. The minimum atomic E-state index is -1.84. The molecule has 5 heterocycles. The van der Waals surface area contributed by atoms with Crippen molar-refractivity contribution in [2.75, 3.05) is 63.9 Å². The number of aliphatic hydroxyl groups excluding tert-OH is 1. The summed E-state index contributed by atoms with van der Waals surface area (Å²) < 4.78 is 0. The summed E-state index contributed by atoms with van der Waals surface area (Å²) in [4.78, 5) is 290. The maximum absolute atomic E-state index is 15.7. The van der Waals surface area contributed by atoms with Crippen LogP contribution < -0.4 is 97.4 Å². The minimum absolute atomic E-state index is 0.00894. The van der Waals surface area contributed by atoms with Gasteiger partial charge in [0.2, 0.25) is 106 Å². The van der Waals surface area contributed by atoms with Gasteiger partial charge in [-0.05, 0) is 184 Å². The van der Waals surface area contributed by atoms with Gasteiger partial charge in [0, 0.05) is 82.4 Å². The summed E-state index contributed by atoms with van der Waals surface area (Å²) in [6, 6.07) is -9.66. The normalized spacial score (nSPS) is 23.6. The first-order valence-corrected chi connectivity index (χ1v) is 52.2. The van der Waals surface area contributed by atoms with Gasteiger partial charge >= 0.3 is 5.97 Å². The molecule has 5 saturated heterocycles. The number of amides is 18. The lowest BCUT2D eigenvalue weighted by molar-refractivity contribution is -0.148. The molecule has 5 fully saturated rings. The third-order valence-electron chi connectivity index (χ3n) is 25.0. The van der Waals surface area contributed by atoms with Gasteiger partial charge < -0.3 is 132 Å². The van der Waals surface area contributed by atoms with Crippen molar-refractivity contribution in [2.45, 2.75) is 319 Å². The number of carboxylic acids is 2. The molecule has 17 atom stereocenters. The van der Waals surface area contributed by atoms with Crippen LogP contribution in [0.3, 0.4) is 0 Å². The van der Waals surface area contributed by atoms with Crippen LogP contribution in [0.5, 0.6) is 0 Å². The van der Waals surface area contributed by atoms with Crippen molar-refractivity contribution in [1.82, 2.24) is 94.0 Å². The van der Waals surface area contributed by atoms with Crippen LogP contribution in [0.25, 0.3) is 0 Å². The van der Waals surface area contributed by atoms with E-state index in [2.05, 4.69) is 74.4 Å². The Labute approximate surface area is 851 Å². The zero-order valence-corrected chi connectivity index (χ0v) is 85.6. The van der Waals surface area contributed by atoms with Crippen LogP contribution in [-0.4, -0.2) is 326 Å². The fourth-order valence-electron chi connectivity index (χ4n) is 17.5. The second-order valence-corrected chi connectivity index (χ2v) is 40.4. The average Bonchev–Trinajstić information content (AvgIpc) is 1.64. The number of nitrogens with zero attached hydrogens (tertiary/aromatic N) is 4. The van der Waals surface area contributed by atoms with E-state index in [0.29, 0.717) is 56.1 Å². The summed E-state index contributed by atoms with van der Waals surface area (Å²) in [6.45, 7) is 11.9. The molecule has 144 heavy (non-hydrogen) atoms. The molecule has 17 unspecified atom stereocenters. The number of aliphatic carboxylic acids is 2. The molecule has 26 N–H and O–H groups in total. The summed E-state index contributed by atoms with van der Waals surface area (Å²) in [7, 11) is 1.93. The Morgan fingerprint density at radius 1 is 0.542 bits per heavy atom. The van der Waals surface area contributed by atoms with Gasteiger partial charge in [-0.2, -0.15) is 0 Å². The summed E-state index contributed by atoms with van der Waals surface area (Å²) in [5.74, 6) is -19.1. The van der Waals surface area contributed by atoms with E-state index in [9.17, 15) is 67.7 Å². The molecule has 0 aromatic heterocycles. The number of nitrogens with two attached hydrogens (primary N) is 4. The second-order valence-electron chi connectivity index (χ2n) is 37.4. The molecule has 0 spiro atoms. The van der Waals surface area contributed by atoms with Gasteiger partial charge in [-0.15, -0.1) is 0 Å². The van der Waals surface area contributed by atoms with Crippen LogP contribution in [0.1, 0.15) is 214 Å². The average molecular weight is 2080 g/mol. The fraction of sp³-hybridized carbons (Fsp3) is 0.653. The van der Waals surface area contributed by atoms with Crippen LogP contribution >= 0.6 is 33.2 Å². The Hall–Kier alpha value is -12.0. The molecule has 0 aliphatic carbocycles. The van der Waals surface area contributed by atoms with Crippen molar-refractivity contribution in [3.63, 3.8) is 0 Å². The fourth-order valence-corrected chi connectivity index (χ4v) is 19.9. The number of nitrogens with one attached hydrogen (secondary N) is 15. The number of likely N-dealkylation sites (tertiary alicyclic amines) is 3. The van der Waals surface area contributed by atoms with E-state index in [-0.39, 0.29) is 166 Å². The molecular weight excluding hydrogens is 1930 g/mol. The van der Waals surface area contributed by atoms with E-state index in [0.717, 1.165) is 28.5 Å². The number of carbonyl (C=O) groups excluding carboxylic acids is 18. The number of carbonyl (C=O) groups is 20. The highest BCUT2D eigenvalue weighted by Crippen LogP contribution is 2.30. The van der Waals surface area contributed by atoms with Gasteiger partial charge in [0.1, 0.15) is 103 Å². The highest BCUT2D eigenvalue weighted by atomic mass is 35.5. The molecule has 5 aliphatic rings. The summed E-state index contributed by atoms with van der Waals surface area (Å²) in [5, 5.41) is 73.7.